The molecule has 1 heterocycles. The Bertz CT molecular complexity index is 1030. The zero-order valence-electron chi connectivity index (χ0n) is 16.2. The molecule has 0 unspecified atom stereocenters. The second-order valence-electron chi connectivity index (χ2n) is 7.17. The molecule has 0 spiro atoms. The minimum atomic E-state index is -3.37. The van der Waals surface area contributed by atoms with E-state index in [-0.39, 0.29) is 23.1 Å². The molecule has 0 saturated carbocycles. The van der Waals surface area contributed by atoms with E-state index in [0.29, 0.717) is 12.2 Å². The number of amides is 2. The van der Waals surface area contributed by atoms with E-state index < -0.39 is 15.8 Å². The lowest BCUT2D eigenvalue weighted by Crippen LogP contribution is -2.28. The number of nitrogens with one attached hydrogen (secondary N) is 1. The summed E-state index contributed by atoms with van der Waals surface area (Å²) in [6, 6.07) is 12.4. The van der Waals surface area contributed by atoms with Gasteiger partial charge in [0.05, 0.1) is 10.8 Å². The first-order chi connectivity index (χ1) is 13.2. The van der Waals surface area contributed by atoms with Gasteiger partial charge in [0.25, 0.3) is 0 Å². The molecule has 0 aromatic heterocycles. The fraction of sp³-hybridized carbons (Fsp3) is 0.333. The molecule has 0 radical (unpaired) electrons. The van der Waals surface area contributed by atoms with Gasteiger partial charge in [0, 0.05) is 30.6 Å². The van der Waals surface area contributed by atoms with Gasteiger partial charge in [0.15, 0.2) is 9.84 Å². The predicted molar refractivity (Wildman–Crippen MR) is 109 cm³/mol. The molecule has 2 amide bonds. The molecule has 1 aliphatic rings. The lowest BCUT2D eigenvalue weighted by molar-refractivity contribution is -0.122. The van der Waals surface area contributed by atoms with Crippen molar-refractivity contribution < 1.29 is 18.0 Å². The van der Waals surface area contributed by atoms with Crippen molar-refractivity contribution in [2.24, 2.45) is 5.92 Å². The highest BCUT2D eigenvalue weighted by Crippen LogP contribution is 2.28. The second kappa shape index (κ2) is 7.75. The molecule has 7 heteroatoms. The Morgan fingerprint density at radius 2 is 1.96 bits per heavy atom. The van der Waals surface area contributed by atoms with Gasteiger partial charge >= 0.3 is 0 Å². The third kappa shape index (κ3) is 4.25. The molecular weight excluding hydrogens is 376 g/mol. The monoisotopic (exact) mass is 400 g/mol. The van der Waals surface area contributed by atoms with Crippen LogP contribution >= 0.6 is 0 Å². The molecule has 2 aromatic rings. The first kappa shape index (κ1) is 20.1. The van der Waals surface area contributed by atoms with Crippen molar-refractivity contribution in [2.45, 2.75) is 31.6 Å². The third-order valence-electron chi connectivity index (χ3n) is 5.02. The van der Waals surface area contributed by atoms with E-state index in [1.54, 1.807) is 17.9 Å². The van der Waals surface area contributed by atoms with Crippen LogP contribution < -0.4 is 10.2 Å². The van der Waals surface area contributed by atoms with Gasteiger partial charge in [-0.25, -0.2) is 8.42 Å². The average Bonchev–Trinajstić information content (AvgIpc) is 3.04. The zero-order chi connectivity index (χ0) is 20.5. The Morgan fingerprint density at radius 1 is 1.21 bits per heavy atom. The van der Waals surface area contributed by atoms with E-state index >= 15 is 0 Å². The highest BCUT2D eigenvalue weighted by molar-refractivity contribution is 7.90. The Hall–Kier alpha value is -2.67. The second-order valence-corrected chi connectivity index (χ2v) is 9.18. The summed E-state index contributed by atoms with van der Waals surface area (Å²) in [6.07, 6.45) is 2.13. The lowest BCUT2D eigenvalue weighted by Gasteiger charge is -2.18. The maximum Gasteiger partial charge on any atom is 0.229 e. The summed E-state index contributed by atoms with van der Waals surface area (Å²) in [7, 11) is -3.37. The molecule has 1 atom stereocenters. The molecule has 1 fully saturated rings. The predicted octanol–water partition coefficient (Wildman–Crippen LogP) is 2.95. The number of hydrogen-bond acceptors (Lipinski definition) is 4. The third-order valence-corrected chi connectivity index (χ3v) is 6.13. The van der Waals surface area contributed by atoms with E-state index in [1.807, 2.05) is 31.2 Å². The molecule has 148 valence electrons. The highest BCUT2D eigenvalue weighted by atomic mass is 32.2. The summed E-state index contributed by atoms with van der Waals surface area (Å²) in [5, 5.41) is 2.80. The van der Waals surface area contributed by atoms with Gasteiger partial charge < -0.3 is 10.2 Å². The maximum absolute atomic E-state index is 12.7. The number of nitrogens with zero attached hydrogens (tertiary/aromatic N) is 1. The summed E-state index contributed by atoms with van der Waals surface area (Å²) in [5.74, 6) is -0.856. The molecule has 2 aromatic carbocycles. The Balaban J connectivity index is 1.77. The summed E-state index contributed by atoms with van der Waals surface area (Å²) in [4.78, 5) is 27.0. The van der Waals surface area contributed by atoms with Crippen LogP contribution in [0.1, 0.15) is 24.5 Å². The molecule has 0 aliphatic carbocycles. The summed E-state index contributed by atoms with van der Waals surface area (Å²) in [6.45, 7) is 4.15. The van der Waals surface area contributed by atoms with Gasteiger partial charge in [-0.05, 0) is 48.7 Å². The smallest absolute Gasteiger partial charge is 0.229 e. The number of benzene rings is 2. The number of sulfone groups is 1. The van der Waals surface area contributed by atoms with Gasteiger partial charge in [-0.15, -0.1) is 0 Å². The van der Waals surface area contributed by atoms with Crippen molar-refractivity contribution in [3.63, 3.8) is 0 Å². The van der Waals surface area contributed by atoms with Crippen LogP contribution in [0.3, 0.4) is 0 Å². The zero-order valence-corrected chi connectivity index (χ0v) is 17.0. The Morgan fingerprint density at radius 3 is 2.64 bits per heavy atom. The van der Waals surface area contributed by atoms with Crippen LogP contribution in [-0.2, 0) is 25.8 Å². The van der Waals surface area contributed by atoms with Crippen LogP contribution in [0.25, 0.3) is 0 Å². The van der Waals surface area contributed by atoms with Gasteiger partial charge in [0.1, 0.15) is 0 Å². The van der Waals surface area contributed by atoms with Crippen LogP contribution in [0.15, 0.2) is 47.4 Å². The quantitative estimate of drug-likeness (QED) is 0.836. The molecule has 0 bridgehead atoms. The topological polar surface area (TPSA) is 83.6 Å². The number of rotatable bonds is 5. The largest absolute Gasteiger partial charge is 0.325 e. The minimum Gasteiger partial charge on any atom is -0.325 e. The van der Waals surface area contributed by atoms with E-state index in [2.05, 4.69) is 5.32 Å². The Labute approximate surface area is 165 Å². The number of aryl methyl sites for hydroxylation is 2. The number of hydrogen-bond donors (Lipinski definition) is 1. The first-order valence-corrected chi connectivity index (χ1v) is 11.1. The van der Waals surface area contributed by atoms with Gasteiger partial charge in [-0.2, -0.15) is 0 Å². The van der Waals surface area contributed by atoms with E-state index in [1.165, 1.54) is 12.1 Å². The number of carbonyl (C=O) groups excluding carboxylic acids is 2. The average molecular weight is 401 g/mol. The molecule has 1 N–H and O–H groups in total. The van der Waals surface area contributed by atoms with Crippen molar-refractivity contribution in [2.75, 3.05) is 23.0 Å². The number of carbonyl (C=O) groups is 2. The van der Waals surface area contributed by atoms with Crippen molar-refractivity contribution in [1.29, 1.82) is 0 Å². The molecule has 1 saturated heterocycles. The Kier molecular flexibility index (Phi) is 5.56. The molecular formula is C21H24N2O4S. The van der Waals surface area contributed by atoms with Crippen LogP contribution in [0.2, 0.25) is 0 Å². The standard InChI is InChI=1S/C21H24N2O4S/c1-4-15-6-5-7-17(10-15)23-13-16(11-20(23)24)21(25)22-19-12-18(28(3,26)27)9-8-14(19)2/h5-10,12,16H,4,11,13H2,1-3H3,(H,22,25)/t16-/m0/s1. The van der Waals surface area contributed by atoms with Crippen LogP contribution in [0, 0.1) is 12.8 Å². The summed E-state index contributed by atoms with van der Waals surface area (Å²) >= 11 is 0. The minimum absolute atomic E-state index is 0.0880. The fourth-order valence-corrected chi connectivity index (χ4v) is 3.93. The van der Waals surface area contributed by atoms with Crippen molar-refractivity contribution in [3.05, 3.63) is 53.6 Å². The normalized spacial score (nSPS) is 17.0. The van der Waals surface area contributed by atoms with Crippen LogP contribution in [0.4, 0.5) is 11.4 Å². The van der Waals surface area contributed by atoms with Crippen molar-refractivity contribution in [3.8, 4) is 0 Å². The van der Waals surface area contributed by atoms with Crippen molar-refractivity contribution >= 4 is 33.0 Å². The van der Waals surface area contributed by atoms with Gasteiger partial charge in [-0.1, -0.05) is 25.1 Å². The van der Waals surface area contributed by atoms with Crippen molar-refractivity contribution in [1.82, 2.24) is 0 Å². The summed E-state index contributed by atoms with van der Waals surface area (Å²) < 4.78 is 23.5. The molecule has 28 heavy (non-hydrogen) atoms. The summed E-state index contributed by atoms with van der Waals surface area (Å²) in [5.41, 5.74) is 3.14. The van der Waals surface area contributed by atoms with Crippen LogP contribution in [-0.4, -0.2) is 33.0 Å². The van der Waals surface area contributed by atoms with Gasteiger partial charge in [-0.3, -0.25) is 9.59 Å². The van der Waals surface area contributed by atoms with E-state index in [0.717, 1.165) is 29.5 Å². The maximum atomic E-state index is 12.7. The SMILES string of the molecule is CCc1cccc(N2C[C@@H](C(=O)Nc3cc(S(C)(=O)=O)ccc3C)CC2=O)c1. The van der Waals surface area contributed by atoms with Crippen LogP contribution in [0.5, 0.6) is 0 Å². The molecule has 1 aliphatic heterocycles. The number of anilines is 2. The van der Waals surface area contributed by atoms with E-state index in [9.17, 15) is 18.0 Å². The highest BCUT2D eigenvalue weighted by Gasteiger charge is 2.35. The molecule has 3 rings (SSSR count). The van der Waals surface area contributed by atoms with E-state index in [4.69, 9.17) is 0 Å². The lowest BCUT2D eigenvalue weighted by atomic mass is 10.1. The first-order valence-electron chi connectivity index (χ1n) is 9.20. The molecule has 6 nitrogen and oxygen atoms in total. The fourth-order valence-electron chi connectivity index (χ4n) is 3.28. The van der Waals surface area contributed by atoms with Gasteiger partial charge in [0.2, 0.25) is 11.8 Å².